The summed E-state index contributed by atoms with van der Waals surface area (Å²) in [6, 6.07) is 2.51. The standard InChI is InChI=1S/C11H18N6/c12-11-14-9(16-13)5-10(15-11)17(8-3-4-8)6-7-1-2-7/h5,7-8H,1-4,6,13H2,(H3,12,14,15,16). The van der Waals surface area contributed by atoms with Crippen LogP contribution in [0, 0.1) is 5.92 Å². The smallest absolute Gasteiger partial charge is 0.223 e. The molecule has 5 N–H and O–H groups in total. The molecule has 17 heavy (non-hydrogen) atoms. The van der Waals surface area contributed by atoms with Gasteiger partial charge in [0, 0.05) is 18.7 Å². The van der Waals surface area contributed by atoms with Crippen molar-refractivity contribution in [1.82, 2.24) is 9.97 Å². The fourth-order valence-electron chi connectivity index (χ4n) is 2.07. The summed E-state index contributed by atoms with van der Waals surface area (Å²) in [5, 5.41) is 0. The minimum atomic E-state index is 0.275. The number of hydrazine groups is 1. The molecule has 2 aliphatic carbocycles. The van der Waals surface area contributed by atoms with Crippen LogP contribution in [-0.2, 0) is 0 Å². The van der Waals surface area contributed by atoms with Crippen molar-refractivity contribution in [2.24, 2.45) is 11.8 Å². The lowest BCUT2D eigenvalue weighted by Crippen LogP contribution is -2.29. The molecule has 0 unspecified atom stereocenters. The maximum Gasteiger partial charge on any atom is 0.223 e. The Kier molecular flexibility index (Phi) is 2.51. The van der Waals surface area contributed by atoms with E-state index in [-0.39, 0.29) is 5.95 Å². The highest BCUT2D eigenvalue weighted by Crippen LogP contribution is 2.37. The first kappa shape index (κ1) is 10.6. The van der Waals surface area contributed by atoms with Gasteiger partial charge in [0.25, 0.3) is 0 Å². The summed E-state index contributed by atoms with van der Waals surface area (Å²) in [6.07, 6.45) is 5.18. The van der Waals surface area contributed by atoms with Gasteiger partial charge in [-0.3, -0.25) is 0 Å². The van der Waals surface area contributed by atoms with Crippen LogP contribution in [0.3, 0.4) is 0 Å². The number of aromatic nitrogens is 2. The summed E-state index contributed by atoms with van der Waals surface area (Å²) >= 11 is 0. The molecular formula is C11H18N6. The van der Waals surface area contributed by atoms with Gasteiger partial charge in [0.1, 0.15) is 11.6 Å². The van der Waals surface area contributed by atoms with Crippen LogP contribution in [0.1, 0.15) is 25.7 Å². The number of nitrogens with two attached hydrogens (primary N) is 2. The molecule has 2 fully saturated rings. The number of hydrogen-bond acceptors (Lipinski definition) is 6. The molecule has 0 aliphatic heterocycles. The Labute approximate surface area is 100 Å². The minimum Gasteiger partial charge on any atom is -0.368 e. The third kappa shape index (κ3) is 2.41. The zero-order valence-corrected chi connectivity index (χ0v) is 9.76. The highest BCUT2D eigenvalue weighted by atomic mass is 15.3. The number of nitrogens with one attached hydrogen (secondary N) is 1. The molecule has 0 radical (unpaired) electrons. The summed E-state index contributed by atoms with van der Waals surface area (Å²) in [7, 11) is 0. The van der Waals surface area contributed by atoms with Gasteiger partial charge in [0.15, 0.2) is 0 Å². The van der Waals surface area contributed by atoms with Crippen molar-refractivity contribution < 1.29 is 0 Å². The Morgan fingerprint density at radius 2 is 2.06 bits per heavy atom. The van der Waals surface area contributed by atoms with Gasteiger partial charge < -0.3 is 16.1 Å². The van der Waals surface area contributed by atoms with E-state index in [1.165, 1.54) is 25.7 Å². The number of rotatable bonds is 5. The van der Waals surface area contributed by atoms with Crippen LogP contribution in [0.2, 0.25) is 0 Å². The van der Waals surface area contributed by atoms with Gasteiger partial charge in [-0.05, 0) is 31.6 Å². The molecule has 0 saturated heterocycles. The second-order valence-electron chi connectivity index (χ2n) is 4.94. The molecule has 0 spiro atoms. The molecule has 0 aromatic carbocycles. The quantitative estimate of drug-likeness (QED) is 0.513. The topological polar surface area (TPSA) is 93.1 Å². The molecule has 1 aromatic rings. The first-order chi connectivity index (χ1) is 8.26. The van der Waals surface area contributed by atoms with Crippen molar-refractivity contribution >= 4 is 17.6 Å². The second-order valence-corrected chi connectivity index (χ2v) is 4.94. The highest BCUT2D eigenvalue weighted by Gasteiger charge is 2.34. The first-order valence-corrected chi connectivity index (χ1v) is 6.14. The van der Waals surface area contributed by atoms with Crippen LogP contribution in [0.25, 0.3) is 0 Å². The Morgan fingerprint density at radius 1 is 1.29 bits per heavy atom. The van der Waals surface area contributed by atoms with Crippen LogP contribution in [0.15, 0.2) is 6.07 Å². The first-order valence-electron chi connectivity index (χ1n) is 6.14. The Morgan fingerprint density at radius 3 is 2.65 bits per heavy atom. The zero-order valence-electron chi connectivity index (χ0n) is 9.76. The predicted octanol–water partition coefficient (Wildman–Crippen LogP) is 0.723. The maximum absolute atomic E-state index is 5.70. The molecular weight excluding hydrogens is 216 g/mol. The zero-order chi connectivity index (χ0) is 11.8. The van der Waals surface area contributed by atoms with Gasteiger partial charge in [-0.1, -0.05) is 0 Å². The summed E-state index contributed by atoms with van der Waals surface area (Å²) in [4.78, 5) is 10.7. The van der Waals surface area contributed by atoms with Crippen molar-refractivity contribution in [2.75, 3.05) is 22.6 Å². The fourth-order valence-corrected chi connectivity index (χ4v) is 2.07. The van der Waals surface area contributed by atoms with E-state index in [0.29, 0.717) is 11.9 Å². The predicted molar refractivity (Wildman–Crippen MR) is 67.3 cm³/mol. The summed E-state index contributed by atoms with van der Waals surface area (Å²) < 4.78 is 0. The monoisotopic (exact) mass is 234 g/mol. The molecule has 1 heterocycles. The van der Waals surface area contributed by atoms with Gasteiger partial charge in [0.05, 0.1) is 0 Å². The summed E-state index contributed by atoms with van der Waals surface area (Å²) in [5.74, 6) is 7.97. The van der Waals surface area contributed by atoms with Gasteiger partial charge in [0.2, 0.25) is 5.95 Å². The van der Waals surface area contributed by atoms with Crippen molar-refractivity contribution in [1.29, 1.82) is 0 Å². The maximum atomic E-state index is 5.70. The highest BCUT2D eigenvalue weighted by molar-refractivity contribution is 5.53. The van der Waals surface area contributed by atoms with Gasteiger partial charge in [-0.15, -0.1) is 0 Å². The van der Waals surface area contributed by atoms with E-state index in [1.807, 2.05) is 6.07 Å². The van der Waals surface area contributed by atoms with Gasteiger partial charge in [-0.2, -0.15) is 9.97 Å². The van der Waals surface area contributed by atoms with E-state index >= 15 is 0 Å². The molecule has 6 heteroatoms. The Hall–Kier alpha value is -1.56. The van der Waals surface area contributed by atoms with Crippen LogP contribution in [0.5, 0.6) is 0 Å². The summed E-state index contributed by atoms with van der Waals surface area (Å²) in [5.41, 5.74) is 8.23. The molecule has 6 nitrogen and oxygen atoms in total. The Bertz CT molecular complexity index is 412. The van der Waals surface area contributed by atoms with Crippen LogP contribution in [0.4, 0.5) is 17.6 Å². The molecule has 2 aliphatic rings. The van der Waals surface area contributed by atoms with Gasteiger partial charge >= 0.3 is 0 Å². The number of anilines is 3. The van der Waals surface area contributed by atoms with Crippen molar-refractivity contribution in [3.05, 3.63) is 6.07 Å². The number of nitrogen functional groups attached to an aromatic ring is 2. The average Bonchev–Trinajstić information content (AvgIpc) is 3.16. The molecule has 0 bridgehead atoms. The lowest BCUT2D eigenvalue weighted by atomic mass is 10.3. The third-order valence-corrected chi connectivity index (χ3v) is 3.31. The van der Waals surface area contributed by atoms with Crippen molar-refractivity contribution in [3.8, 4) is 0 Å². The minimum absolute atomic E-state index is 0.275. The Balaban J connectivity index is 1.85. The third-order valence-electron chi connectivity index (χ3n) is 3.31. The summed E-state index contributed by atoms with van der Waals surface area (Å²) in [6.45, 7) is 1.09. The van der Waals surface area contributed by atoms with Crippen LogP contribution in [-0.4, -0.2) is 22.6 Å². The van der Waals surface area contributed by atoms with Crippen molar-refractivity contribution in [3.63, 3.8) is 0 Å². The molecule has 0 amide bonds. The molecule has 92 valence electrons. The van der Waals surface area contributed by atoms with Crippen molar-refractivity contribution in [2.45, 2.75) is 31.7 Å². The molecule has 2 saturated carbocycles. The number of nitrogens with zero attached hydrogens (tertiary/aromatic N) is 3. The normalized spacial score (nSPS) is 19.1. The average molecular weight is 234 g/mol. The second kappa shape index (κ2) is 4.03. The van der Waals surface area contributed by atoms with E-state index in [2.05, 4.69) is 20.3 Å². The van der Waals surface area contributed by atoms with E-state index < -0.39 is 0 Å². The number of hydrogen-bond donors (Lipinski definition) is 3. The largest absolute Gasteiger partial charge is 0.368 e. The molecule has 0 atom stereocenters. The lowest BCUT2D eigenvalue weighted by molar-refractivity contribution is 0.708. The van der Waals surface area contributed by atoms with E-state index in [0.717, 1.165) is 18.3 Å². The van der Waals surface area contributed by atoms with Crippen LogP contribution < -0.4 is 21.9 Å². The lowest BCUT2D eigenvalue weighted by Gasteiger charge is -2.23. The van der Waals surface area contributed by atoms with E-state index in [9.17, 15) is 0 Å². The van der Waals surface area contributed by atoms with E-state index in [1.54, 1.807) is 0 Å². The fraction of sp³-hybridized carbons (Fsp3) is 0.636. The van der Waals surface area contributed by atoms with Gasteiger partial charge in [-0.25, -0.2) is 5.84 Å². The molecule has 3 rings (SSSR count). The van der Waals surface area contributed by atoms with Crippen LogP contribution >= 0.6 is 0 Å². The molecule has 1 aromatic heterocycles. The SMILES string of the molecule is NNc1cc(N(CC2CC2)C2CC2)nc(N)n1. The van der Waals surface area contributed by atoms with E-state index in [4.69, 9.17) is 11.6 Å².